The zero-order chi connectivity index (χ0) is 17.9. The first-order chi connectivity index (χ1) is 12.0. The van der Waals surface area contributed by atoms with Gasteiger partial charge in [-0.25, -0.2) is 0 Å². The lowest BCUT2D eigenvalue weighted by molar-refractivity contribution is -0.129. The van der Waals surface area contributed by atoms with Gasteiger partial charge in [0.15, 0.2) is 5.82 Å². The van der Waals surface area contributed by atoms with Gasteiger partial charge >= 0.3 is 0 Å². The van der Waals surface area contributed by atoms with E-state index in [9.17, 15) is 4.79 Å². The third-order valence-electron chi connectivity index (χ3n) is 4.99. The van der Waals surface area contributed by atoms with E-state index in [1.165, 1.54) is 0 Å². The van der Waals surface area contributed by atoms with Crippen LogP contribution < -0.4 is 11.1 Å². The molecule has 1 aliphatic rings. The van der Waals surface area contributed by atoms with E-state index in [0.717, 1.165) is 31.2 Å². The Balaban J connectivity index is 1.61. The third-order valence-corrected chi connectivity index (χ3v) is 4.99. The largest absolute Gasteiger partial charge is 0.344 e. The average Bonchev–Trinajstić information content (AvgIpc) is 3.04. The monoisotopic (exact) mass is 342 g/mol. The summed E-state index contributed by atoms with van der Waals surface area (Å²) >= 11 is 0. The lowest BCUT2D eigenvalue weighted by Crippen LogP contribution is -2.53. The van der Waals surface area contributed by atoms with Gasteiger partial charge in [0.1, 0.15) is 6.04 Å². The van der Waals surface area contributed by atoms with E-state index in [1.54, 1.807) is 0 Å². The van der Waals surface area contributed by atoms with Crippen molar-refractivity contribution in [1.29, 1.82) is 0 Å². The van der Waals surface area contributed by atoms with Crippen LogP contribution in [-0.4, -0.2) is 21.6 Å². The van der Waals surface area contributed by atoms with Crippen LogP contribution in [0.3, 0.4) is 0 Å². The summed E-state index contributed by atoms with van der Waals surface area (Å²) in [5.74, 6) is 0.841. The Morgan fingerprint density at radius 2 is 2.16 bits per heavy atom. The molecule has 1 saturated carbocycles. The molecule has 1 aromatic heterocycles. The molecule has 1 amide bonds. The van der Waals surface area contributed by atoms with Gasteiger partial charge in [-0.2, -0.15) is 4.98 Å². The highest BCUT2D eigenvalue weighted by atomic mass is 16.5. The van der Waals surface area contributed by atoms with Gasteiger partial charge in [-0.15, -0.1) is 0 Å². The molecule has 0 bridgehead atoms. The first kappa shape index (κ1) is 17.6. The van der Waals surface area contributed by atoms with Crippen molar-refractivity contribution in [2.24, 2.45) is 11.7 Å². The van der Waals surface area contributed by atoms with Crippen LogP contribution in [-0.2, 0) is 11.2 Å². The van der Waals surface area contributed by atoms with Gasteiger partial charge in [0, 0.05) is 12.0 Å². The molecule has 3 atom stereocenters. The maximum absolute atomic E-state index is 12.6. The van der Waals surface area contributed by atoms with E-state index in [4.69, 9.17) is 10.3 Å². The standard InChI is InChI=1S/C19H26N4O2/c1-13(21-17(24)15-10-6-7-11-19(15,2)20)18-22-16(23-25-18)12-14-8-4-3-5-9-14/h3-5,8-9,13,15H,6-7,10-12,20H2,1-2H3,(H,21,24). The molecular weight excluding hydrogens is 316 g/mol. The van der Waals surface area contributed by atoms with Crippen LogP contribution in [0, 0.1) is 5.92 Å². The molecule has 0 spiro atoms. The molecular formula is C19H26N4O2. The summed E-state index contributed by atoms with van der Waals surface area (Å²) in [6.07, 6.45) is 4.43. The quantitative estimate of drug-likeness (QED) is 0.871. The highest BCUT2D eigenvalue weighted by molar-refractivity contribution is 5.80. The Morgan fingerprint density at radius 1 is 1.40 bits per heavy atom. The highest BCUT2D eigenvalue weighted by Crippen LogP contribution is 2.32. The number of hydrogen-bond acceptors (Lipinski definition) is 5. The second-order valence-corrected chi connectivity index (χ2v) is 7.25. The fourth-order valence-electron chi connectivity index (χ4n) is 3.46. The van der Waals surface area contributed by atoms with E-state index in [0.29, 0.717) is 18.1 Å². The molecule has 0 saturated heterocycles. The molecule has 6 nitrogen and oxygen atoms in total. The number of nitrogens with two attached hydrogens (primary N) is 1. The molecule has 1 fully saturated rings. The summed E-state index contributed by atoms with van der Waals surface area (Å²) in [5, 5.41) is 7.00. The first-order valence-electron chi connectivity index (χ1n) is 8.91. The molecule has 2 aromatic rings. The van der Waals surface area contributed by atoms with Crippen molar-refractivity contribution in [2.75, 3.05) is 0 Å². The minimum Gasteiger partial charge on any atom is -0.344 e. The summed E-state index contributed by atoms with van der Waals surface area (Å²) in [7, 11) is 0. The molecule has 1 heterocycles. The zero-order valence-electron chi connectivity index (χ0n) is 14.9. The molecule has 134 valence electrons. The predicted octanol–water partition coefficient (Wildman–Crippen LogP) is 2.75. The smallest absolute Gasteiger partial charge is 0.248 e. The summed E-state index contributed by atoms with van der Waals surface area (Å²) < 4.78 is 5.33. The van der Waals surface area contributed by atoms with Gasteiger partial charge in [0.2, 0.25) is 11.8 Å². The number of carbonyl (C=O) groups excluding carboxylic acids is 1. The topological polar surface area (TPSA) is 94.0 Å². The van der Waals surface area contributed by atoms with Crippen LogP contribution in [0.25, 0.3) is 0 Å². The van der Waals surface area contributed by atoms with Crippen LogP contribution in [0.5, 0.6) is 0 Å². The van der Waals surface area contributed by atoms with Crippen molar-refractivity contribution < 1.29 is 9.32 Å². The Bertz CT molecular complexity index is 711. The number of nitrogens with zero attached hydrogens (tertiary/aromatic N) is 2. The molecule has 3 rings (SSSR count). The SMILES string of the molecule is CC(NC(=O)C1CCCCC1(C)N)c1nc(Cc2ccccc2)no1. The predicted molar refractivity (Wildman–Crippen MR) is 94.7 cm³/mol. The van der Waals surface area contributed by atoms with Gasteiger partial charge in [0.05, 0.1) is 5.92 Å². The minimum absolute atomic E-state index is 0.0278. The minimum atomic E-state index is -0.449. The van der Waals surface area contributed by atoms with Gasteiger partial charge in [0.25, 0.3) is 0 Å². The van der Waals surface area contributed by atoms with Crippen molar-refractivity contribution >= 4 is 5.91 Å². The van der Waals surface area contributed by atoms with Gasteiger partial charge in [-0.3, -0.25) is 4.79 Å². The highest BCUT2D eigenvalue weighted by Gasteiger charge is 2.38. The van der Waals surface area contributed by atoms with Crippen LogP contribution in [0.1, 0.15) is 62.9 Å². The molecule has 25 heavy (non-hydrogen) atoms. The van der Waals surface area contributed by atoms with E-state index in [2.05, 4.69) is 15.5 Å². The van der Waals surface area contributed by atoms with Crippen LogP contribution in [0.15, 0.2) is 34.9 Å². The molecule has 1 aromatic carbocycles. The molecule has 0 radical (unpaired) electrons. The normalized spacial score (nSPS) is 24.7. The number of carbonyl (C=O) groups is 1. The second kappa shape index (κ2) is 7.35. The van der Waals surface area contributed by atoms with Crippen molar-refractivity contribution in [3.8, 4) is 0 Å². The fourth-order valence-corrected chi connectivity index (χ4v) is 3.46. The summed E-state index contributed by atoms with van der Waals surface area (Å²) in [4.78, 5) is 17.0. The van der Waals surface area contributed by atoms with Gasteiger partial charge in [-0.05, 0) is 32.3 Å². The zero-order valence-corrected chi connectivity index (χ0v) is 14.9. The van der Waals surface area contributed by atoms with E-state index in [1.807, 2.05) is 44.2 Å². The number of aromatic nitrogens is 2. The van der Waals surface area contributed by atoms with Crippen molar-refractivity contribution in [3.63, 3.8) is 0 Å². The number of hydrogen-bond donors (Lipinski definition) is 2. The van der Waals surface area contributed by atoms with Crippen LogP contribution in [0.4, 0.5) is 0 Å². The third kappa shape index (κ3) is 4.25. The summed E-state index contributed by atoms with van der Waals surface area (Å²) in [6, 6.07) is 9.64. The molecule has 0 aliphatic heterocycles. The summed E-state index contributed by atoms with van der Waals surface area (Å²) in [5.41, 5.74) is 6.98. The molecule has 1 aliphatic carbocycles. The molecule has 6 heteroatoms. The first-order valence-corrected chi connectivity index (χ1v) is 8.91. The van der Waals surface area contributed by atoms with Crippen LogP contribution in [0.2, 0.25) is 0 Å². The van der Waals surface area contributed by atoms with Gasteiger partial charge < -0.3 is 15.6 Å². The maximum atomic E-state index is 12.6. The second-order valence-electron chi connectivity index (χ2n) is 7.25. The van der Waals surface area contributed by atoms with E-state index < -0.39 is 5.54 Å². The van der Waals surface area contributed by atoms with Crippen molar-refractivity contribution in [2.45, 2.75) is 57.5 Å². The van der Waals surface area contributed by atoms with Gasteiger partial charge in [-0.1, -0.05) is 48.3 Å². The molecule has 3 unspecified atom stereocenters. The fraction of sp³-hybridized carbons (Fsp3) is 0.526. The number of nitrogens with one attached hydrogen (secondary N) is 1. The Kier molecular flexibility index (Phi) is 5.18. The maximum Gasteiger partial charge on any atom is 0.248 e. The van der Waals surface area contributed by atoms with E-state index >= 15 is 0 Å². The Morgan fingerprint density at radius 3 is 2.88 bits per heavy atom. The Hall–Kier alpha value is -2.21. The number of rotatable bonds is 5. The van der Waals surface area contributed by atoms with Crippen LogP contribution >= 0.6 is 0 Å². The van der Waals surface area contributed by atoms with Crippen molar-refractivity contribution in [1.82, 2.24) is 15.5 Å². The lowest BCUT2D eigenvalue weighted by atomic mass is 9.74. The number of benzene rings is 1. The molecule has 3 N–H and O–H groups in total. The summed E-state index contributed by atoms with van der Waals surface area (Å²) in [6.45, 7) is 3.82. The number of amides is 1. The van der Waals surface area contributed by atoms with Crippen molar-refractivity contribution in [3.05, 3.63) is 47.6 Å². The lowest BCUT2D eigenvalue weighted by Gasteiger charge is -2.37. The Labute approximate surface area is 148 Å². The van der Waals surface area contributed by atoms with E-state index in [-0.39, 0.29) is 17.9 Å². The average molecular weight is 342 g/mol.